The molecule has 1 amide bonds. The fourth-order valence-corrected chi connectivity index (χ4v) is 6.37. The first-order valence-corrected chi connectivity index (χ1v) is 13.6. The molecule has 2 fully saturated rings. The number of hydrogen-bond donors (Lipinski definition) is 1. The molecule has 2 aromatic carbocycles. The van der Waals surface area contributed by atoms with Crippen molar-refractivity contribution in [3.05, 3.63) is 59.6 Å². The number of halogens is 1. The molecule has 1 N–H and O–H groups in total. The van der Waals surface area contributed by atoms with Crippen LogP contribution in [-0.2, 0) is 24.3 Å². The van der Waals surface area contributed by atoms with Crippen LogP contribution in [-0.4, -0.2) is 46.4 Å². The predicted molar refractivity (Wildman–Crippen MR) is 131 cm³/mol. The summed E-state index contributed by atoms with van der Waals surface area (Å²) in [5.74, 6) is -0.483. The number of hydrogen-bond acceptors (Lipinski definition) is 5. The third-order valence-electron chi connectivity index (χ3n) is 6.51. The van der Waals surface area contributed by atoms with Crippen molar-refractivity contribution < 1.29 is 22.7 Å². The molecule has 0 radical (unpaired) electrons. The Kier molecular flexibility index (Phi) is 8.14. The zero-order valence-corrected chi connectivity index (χ0v) is 20.7. The summed E-state index contributed by atoms with van der Waals surface area (Å²) < 4.78 is 39.7. The fraction of sp³-hybridized carbons (Fsp3) is 0.480. The van der Waals surface area contributed by atoms with Crippen LogP contribution in [0.3, 0.4) is 0 Å². The van der Waals surface area contributed by atoms with Crippen molar-refractivity contribution in [3.63, 3.8) is 0 Å². The third-order valence-corrected chi connectivity index (χ3v) is 8.55. The van der Waals surface area contributed by atoms with Crippen LogP contribution in [0.1, 0.15) is 38.5 Å². The molecule has 4 rings (SSSR count). The van der Waals surface area contributed by atoms with Crippen molar-refractivity contribution in [2.75, 3.05) is 30.6 Å². The second kappa shape index (κ2) is 11.1. The largest absolute Gasteiger partial charge is 0.355 e. The molecule has 184 valence electrons. The van der Waals surface area contributed by atoms with Crippen LogP contribution < -0.4 is 9.62 Å². The highest BCUT2D eigenvalue weighted by Gasteiger charge is 2.45. The number of nitrogens with zero attached hydrogens (tertiary/aromatic N) is 1. The van der Waals surface area contributed by atoms with Crippen molar-refractivity contribution in [1.82, 2.24) is 5.32 Å². The van der Waals surface area contributed by atoms with Crippen LogP contribution in [0.25, 0.3) is 0 Å². The van der Waals surface area contributed by atoms with Gasteiger partial charge in [0.05, 0.1) is 23.8 Å². The second-order valence-corrected chi connectivity index (χ2v) is 11.0. The number of carbonyl (C=O) groups is 1. The SMILES string of the molecule is O=C(CN(c1ccc(Cl)cc1)S(=O)(=O)c1ccccc1)NCCC[C@H]1CCCCC12OCCO2. The molecular weight excluding hydrogens is 476 g/mol. The lowest BCUT2D eigenvalue weighted by Crippen LogP contribution is -2.43. The van der Waals surface area contributed by atoms with Crippen molar-refractivity contribution in [2.24, 2.45) is 5.92 Å². The van der Waals surface area contributed by atoms with E-state index in [9.17, 15) is 13.2 Å². The number of anilines is 1. The molecule has 9 heteroatoms. The number of nitrogens with one attached hydrogen (secondary N) is 1. The molecule has 0 bridgehead atoms. The first-order chi connectivity index (χ1) is 16.4. The molecule has 34 heavy (non-hydrogen) atoms. The van der Waals surface area contributed by atoms with E-state index in [0.29, 0.717) is 36.4 Å². The molecule has 1 aliphatic heterocycles. The number of rotatable bonds is 9. The summed E-state index contributed by atoms with van der Waals surface area (Å²) in [5.41, 5.74) is 0.378. The fourth-order valence-electron chi connectivity index (χ4n) is 4.81. The van der Waals surface area contributed by atoms with Crippen molar-refractivity contribution in [2.45, 2.75) is 49.2 Å². The van der Waals surface area contributed by atoms with Crippen LogP contribution >= 0.6 is 11.6 Å². The van der Waals surface area contributed by atoms with Crippen LogP contribution in [0, 0.1) is 5.92 Å². The lowest BCUT2D eigenvalue weighted by Gasteiger charge is -2.39. The molecule has 0 unspecified atom stereocenters. The standard InChI is InChI=1S/C25H31ClN2O5S/c26-21-11-13-22(14-12-21)28(34(30,31)23-9-2-1-3-10-23)19-24(29)27-16-6-8-20-7-4-5-15-25(20)32-17-18-33-25/h1-3,9-14,20H,4-8,15-19H2,(H,27,29)/t20-/m1/s1. The number of benzene rings is 2. The van der Waals surface area contributed by atoms with Crippen LogP contribution in [0.4, 0.5) is 5.69 Å². The van der Waals surface area contributed by atoms with Crippen molar-refractivity contribution >= 4 is 33.2 Å². The van der Waals surface area contributed by atoms with E-state index in [1.165, 1.54) is 18.6 Å². The van der Waals surface area contributed by atoms with Gasteiger partial charge >= 0.3 is 0 Å². The number of sulfonamides is 1. The monoisotopic (exact) mass is 506 g/mol. The van der Waals surface area contributed by atoms with Gasteiger partial charge < -0.3 is 14.8 Å². The molecule has 1 atom stereocenters. The first kappa shape index (κ1) is 25.0. The van der Waals surface area contributed by atoms with Gasteiger partial charge in [0.2, 0.25) is 5.91 Å². The number of ether oxygens (including phenoxy) is 2. The molecule has 0 aromatic heterocycles. The van der Waals surface area contributed by atoms with Gasteiger partial charge in [-0.15, -0.1) is 0 Å². The molecule has 1 saturated heterocycles. The zero-order valence-electron chi connectivity index (χ0n) is 19.1. The van der Waals surface area contributed by atoms with E-state index < -0.39 is 15.8 Å². The van der Waals surface area contributed by atoms with Gasteiger partial charge in [-0.3, -0.25) is 9.10 Å². The third kappa shape index (κ3) is 5.74. The lowest BCUT2D eigenvalue weighted by molar-refractivity contribution is -0.213. The van der Waals surface area contributed by atoms with Gasteiger partial charge in [-0.2, -0.15) is 0 Å². The first-order valence-electron chi connectivity index (χ1n) is 11.8. The van der Waals surface area contributed by atoms with Crippen molar-refractivity contribution in [3.8, 4) is 0 Å². The summed E-state index contributed by atoms with van der Waals surface area (Å²) in [6.07, 6.45) is 5.94. The minimum atomic E-state index is -3.93. The summed E-state index contributed by atoms with van der Waals surface area (Å²) in [7, 11) is -3.93. The van der Waals surface area contributed by atoms with Gasteiger partial charge in [0.1, 0.15) is 6.54 Å². The van der Waals surface area contributed by atoms with Gasteiger partial charge in [0, 0.05) is 23.9 Å². The van der Waals surface area contributed by atoms with E-state index in [1.807, 2.05) is 0 Å². The van der Waals surface area contributed by atoms with Gasteiger partial charge in [0.15, 0.2) is 5.79 Å². The molecule has 1 spiro atoms. The van der Waals surface area contributed by atoms with Crippen LogP contribution in [0.2, 0.25) is 5.02 Å². The molecule has 1 aliphatic carbocycles. The number of amides is 1. The Bertz CT molecular complexity index is 1060. The lowest BCUT2D eigenvalue weighted by atomic mass is 9.80. The second-order valence-electron chi connectivity index (χ2n) is 8.74. The van der Waals surface area contributed by atoms with E-state index in [1.54, 1.807) is 42.5 Å². The minimum absolute atomic E-state index is 0.122. The maximum absolute atomic E-state index is 13.3. The maximum Gasteiger partial charge on any atom is 0.264 e. The Balaban J connectivity index is 1.37. The highest BCUT2D eigenvalue weighted by atomic mass is 35.5. The summed E-state index contributed by atoms with van der Waals surface area (Å²) in [5, 5.41) is 3.37. The molecule has 1 saturated carbocycles. The predicted octanol–water partition coefficient (Wildman–Crippen LogP) is 4.37. The maximum atomic E-state index is 13.3. The van der Waals surface area contributed by atoms with Gasteiger partial charge in [-0.1, -0.05) is 36.2 Å². The smallest absolute Gasteiger partial charge is 0.264 e. The highest BCUT2D eigenvalue weighted by molar-refractivity contribution is 7.92. The van der Waals surface area contributed by atoms with Gasteiger partial charge in [0.25, 0.3) is 10.0 Å². The summed E-state index contributed by atoms with van der Waals surface area (Å²) in [6.45, 7) is 1.43. The quantitative estimate of drug-likeness (QED) is 0.511. The Morgan fingerprint density at radius 3 is 2.47 bits per heavy atom. The Labute approximate surface area is 206 Å². The minimum Gasteiger partial charge on any atom is -0.355 e. The normalized spacial score (nSPS) is 19.7. The van der Waals surface area contributed by atoms with E-state index in [-0.39, 0.29) is 17.3 Å². The van der Waals surface area contributed by atoms with Crippen LogP contribution in [0.5, 0.6) is 0 Å². The summed E-state index contributed by atoms with van der Waals surface area (Å²) in [6, 6.07) is 14.5. The van der Waals surface area contributed by atoms with E-state index in [4.69, 9.17) is 21.1 Å². The molecular formula is C25H31ClN2O5S. The van der Waals surface area contributed by atoms with E-state index in [0.717, 1.165) is 36.4 Å². The van der Waals surface area contributed by atoms with Crippen molar-refractivity contribution in [1.29, 1.82) is 0 Å². The summed E-state index contributed by atoms with van der Waals surface area (Å²) in [4.78, 5) is 12.9. The number of carbonyl (C=O) groups excluding carboxylic acids is 1. The average Bonchev–Trinajstić information content (AvgIpc) is 3.31. The zero-order chi connectivity index (χ0) is 24.0. The van der Waals surface area contributed by atoms with Gasteiger partial charge in [-0.25, -0.2) is 8.42 Å². The molecule has 2 aromatic rings. The van der Waals surface area contributed by atoms with Gasteiger partial charge in [-0.05, 0) is 62.1 Å². The average molecular weight is 507 g/mol. The topological polar surface area (TPSA) is 84.9 Å². The highest BCUT2D eigenvalue weighted by Crippen LogP contribution is 2.42. The Morgan fingerprint density at radius 1 is 1.06 bits per heavy atom. The van der Waals surface area contributed by atoms with Crippen LogP contribution in [0.15, 0.2) is 59.5 Å². The summed E-state index contributed by atoms with van der Waals surface area (Å²) >= 11 is 5.98. The van der Waals surface area contributed by atoms with E-state index >= 15 is 0 Å². The molecule has 1 heterocycles. The Morgan fingerprint density at radius 2 is 1.76 bits per heavy atom. The Hall–Kier alpha value is -2.13. The molecule has 7 nitrogen and oxygen atoms in total. The van der Waals surface area contributed by atoms with E-state index in [2.05, 4.69) is 5.32 Å². The molecule has 2 aliphatic rings.